The van der Waals surface area contributed by atoms with Crippen LogP contribution in [0.15, 0.2) is 51.7 Å². The van der Waals surface area contributed by atoms with Crippen LogP contribution >= 0.6 is 0 Å². The van der Waals surface area contributed by atoms with Crippen LogP contribution in [-0.4, -0.2) is 32.6 Å². The molecule has 4 aromatic heterocycles. The van der Waals surface area contributed by atoms with Crippen molar-refractivity contribution in [3.63, 3.8) is 0 Å². The summed E-state index contributed by atoms with van der Waals surface area (Å²) in [4.78, 5) is 12.4. The van der Waals surface area contributed by atoms with Gasteiger partial charge in [0.2, 0.25) is 0 Å². The van der Waals surface area contributed by atoms with E-state index >= 15 is 0 Å². The van der Waals surface area contributed by atoms with Gasteiger partial charge in [-0.25, -0.2) is 4.98 Å². The number of anilines is 1. The molecule has 0 aliphatic carbocycles. The van der Waals surface area contributed by atoms with Crippen molar-refractivity contribution in [2.75, 3.05) is 18.8 Å². The van der Waals surface area contributed by atoms with Crippen LogP contribution in [0.2, 0.25) is 0 Å². The highest BCUT2D eigenvalue weighted by molar-refractivity contribution is 5.85. The predicted octanol–water partition coefficient (Wildman–Crippen LogP) is 4.78. The number of halogens is 1. The van der Waals surface area contributed by atoms with Crippen LogP contribution in [-0.2, 0) is 13.0 Å². The first kappa shape index (κ1) is 22.1. The zero-order valence-corrected chi connectivity index (χ0v) is 19.4. The summed E-state index contributed by atoms with van der Waals surface area (Å²) < 4.78 is 27.3. The molecule has 1 aromatic carbocycles. The first-order chi connectivity index (χ1) is 16.3. The predicted molar refractivity (Wildman–Crippen MR) is 129 cm³/mol. The molecule has 0 spiro atoms. The van der Waals surface area contributed by atoms with E-state index in [0.29, 0.717) is 36.5 Å². The number of aromatic nitrogens is 4. The van der Waals surface area contributed by atoms with Crippen LogP contribution in [0.4, 0.5) is 10.2 Å². The second-order valence-corrected chi connectivity index (χ2v) is 9.59. The van der Waals surface area contributed by atoms with Crippen LogP contribution in [0.3, 0.4) is 0 Å². The summed E-state index contributed by atoms with van der Waals surface area (Å²) in [6.45, 7) is 8.57. The molecular weight excluding hydrogens is 435 g/mol. The molecule has 0 fully saturated rings. The van der Waals surface area contributed by atoms with Gasteiger partial charge in [-0.05, 0) is 41.3 Å². The van der Waals surface area contributed by atoms with Crippen molar-refractivity contribution in [1.82, 2.24) is 24.8 Å². The highest BCUT2D eigenvalue weighted by Crippen LogP contribution is 2.32. The third-order valence-corrected chi connectivity index (χ3v) is 5.65. The summed E-state index contributed by atoms with van der Waals surface area (Å²) in [7, 11) is 0. The third kappa shape index (κ3) is 4.38. The minimum Gasteiger partial charge on any atom is -0.464 e. The second-order valence-electron chi connectivity index (χ2n) is 9.59. The molecule has 0 radical (unpaired) electrons. The van der Waals surface area contributed by atoms with Gasteiger partial charge in [-0.2, -0.15) is 14.4 Å². The summed E-state index contributed by atoms with van der Waals surface area (Å²) in [5.74, 6) is 1.48. The monoisotopic (exact) mass is 462 g/mol. The van der Waals surface area contributed by atoms with Gasteiger partial charge in [0, 0.05) is 37.0 Å². The van der Waals surface area contributed by atoms with E-state index in [4.69, 9.17) is 19.6 Å². The normalized spacial score (nSPS) is 12.2. The van der Waals surface area contributed by atoms with Gasteiger partial charge in [0.25, 0.3) is 0 Å². The van der Waals surface area contributed by atoms with Crippen LogP contribution in [0, 0.1) is 11.5 Å². The fourth-order valence-electron chi connectivity index (χ4n) is 4.09. The van der Waals surface area contributed by atoms with Gasteiger partial charge < -0.3 is 24.5 Å². The van der Waals surface area contributed by atoms with E-state index in [0.717, 1.165) is 34.4 Å². The first-order valence-electron chi connectivity index (χ1n) is 11.2. The molecule has 0 saturated heterocycles. The molecule has 0 aliphatic heterocycles. The summed E-state index contributed by atoms with van der Waals surface area (Å²) >= 11 is 0. The summed E-state index contributed by atoms with van der Waals surface area (Å²) in [5.41, 5.74) is 9.60. The number of benzene rings is 1. The van der Waals surface area contributed by atoms with E-state index in [1.807, 2.05) is 34.9 Å². The van der Waals surface area contributed by atoms with Crippen LogP contribution in [0.1, 0.15) is 32.2 Å². The first-order valence-corrected chi connectivity index (χ1v) is 11.2. The topological polar surface area (TPSA) is 108 Å². The zero-order chi connectivity index (χ0) is 23.9. The van der Waals surface area contributed by atoms with Gasteiger partial charge in [-0.15, -0.1) is 0 Å². The van der Waals surface area contributed by atoms with Gasteiger partial charge in [0.1, 0.15) is 17.2 Å². The lowest BCUT2D eigenvalue weighted by molar-refractivity contribution is 0.375. The highest BCUT2D eigenvalue weighted by Gasteiger charge is 2.20. The Balaban J connectivity index is 1.56. The van der Waals surface area contributed by atoms with Gasteiger partial charge in [-0.1, -0.05) is 20.8 Å². The van der Waals surface area contributed by atoms with E-state index in [9.17, 15) is 4.39 Å². The number of fused-ring (bicyclic) bond motifs is 2. The lowest BCUT2D eigenvalue weighted by atomic mass is 9.97. The van der Waals surface area contributed by atoms with Crippen LogP contribution in [0.25, 0.3) is 33.5 Å². The highest BCUT2D eigenvalue weighted by atomic mass is 19.1. The Kier molecular flexibility index (Phi) is 5.57. The lowest BCUT2D eigenvalue weighted by Crippen LogP contribution is -2.30. The Labute approximate surface area is 196 Å². The number of nitrogen functional groups attached to an aromatic ring is 1. The summed E-state index contributed by atoms with van der Waals surface area (Å²) in [6.07, 6.45) is 2.89. The quantitative estimate of drug-likeness (QED) is 0.265. The van der Waals surface area contributed by atoms with Crippen molar-refractivity contribution in [2.24, 2.45) is 5.41 Å². The maximum atomic E-state index is 14.1. The molecule has 5 rings (SSSR count). The number of rotatable bonds is 7. The van der Waals surface area contributed by atoms with Crippen LogP contribution in [0.5, 0.6) is 0 Å². The molecule has 8 nitrogen and oxygen atoms in total. The minimum absolute atomic E-state index is 0.0258. The largest absolute Gasteiger partial charge is 0.464 e. The average Bonchev–Trinajstić information content (AvgIpc) is 3.50. The van der Waals surface area contributed by atoms with Gasteiger partial charge in [-0.3, -0.25) is 0 Å². The molecule has 0 aliphatic rings. The van der Waals surface area contributed by atoms with Crippen molar-refractivity contribution >= 4 is 28.0 Å². The standard InChI is InChI=1S/C25H27FN6O2/c1-25(2,3)14-28-7-8-32-20(29-21-22(27)30-24(26)31-23(21)32)13-16-12-19-15(6-10-34-19)11-17(16)18-5-4-9-33-18/h4-6,9-12,28H,7-8,13-14H2,1-3H3,(H2,27,30,31). The molecule has 3 N–H and O–H groups in total. The minimum atomic E-state index is -0.867. The Morgan fingerprint density at radius 3 is 2.71 bits per heavy atom. The number of nitrogens with zero attached hydrogens (tertiary/aromatic N) is 4. The van der Waals surface area contributed by atoms with E-state index in [1.165, 1.54) is 0 Å². The van der Waals surface area contributed by atoms with E-state index in [1.54, 1.807) is 12.5 Å². The Bertz CT molecular complexity index is 1450. The number of imidazole rings is 1. The third-order valence-electron chi connectivity index (χ3n) is 5.65. The van der Waals surface area contributed by atoms with Crippen molar-refractivity contribution in [2.45, 2.75) is 33.7 Å². The van der Waals surface area contributed by atoms with Gasteiger partial charge >= 0.3 is 6.08 Å². The lowest BCUT2D eigenvalue weighted by Gasteiger charge is -2.19. The Hall–Kier alpha value is -3.72. The van der Waals surface area contributed by atoms with E-state index in [-0.39, 0.29) is 11.2 Å². The fraction of sp³-hybridized carbons (Fsp3) is 0.320. The molecule has 0 unspecified atom stereocenters. The maximum Gasteiger partial charge on any atom is 0.312 e. The van der Waals surface area contributed by atoms with Crippen molar-refractivity contribution in [3.05, 3.63) is 60.3 Å². The molecular formula is C25H27FN6O2. The van der Waals surface area contributed by atoms with Crippen molar-refractivity contribution < 1.29 is 13.2 Å². The molecule has 0 bridgehead atoms. The molecule has 0 amide bonds. The Morgan fingerprint density at radius 1 is 1.09 bits per heavy atom. The van der Waals surface area contributed by atoms with E-state index in [2.05, 4.69) is 36.1 Å². The smallest absolute Gasteiger partial charge is 0.312 e. The second kappa shape index (κ2) is 8.57. The zero-order valence-electron chi connectivity index (χ0n) is 19.4. The number of hydrogen-bond donors (Lipinski definition) is 2. The van der Waals surface area contributed by atoms with Gasteiger partial charge in [0.15, 0.2) is 17.0 Å². The average molecular weight is 463 g/mol. The molecule has 34 heavy (non-hydrogen) atoms. The molecule has 176 valence electrons. The van der Waals surface area contributed by atoms with Gasteiger partial charge in [0.05, 0.1) is 12.5 Å². The Morgan fingerprint density at radius 2 is 1.94 bits per heavy atom. The molecule has 4 heterocycles. The maximum absolute atomic E-state index is 14.1. The number of hydrogen-bond acceptors (Lipinski definition) is 7. The number of nitrogens with two attached hydrogens (primary N) is 1. The summed E-state index contributed by atoms with van der Waals surface area (Å²) in [5, 5.41) is 4.43. The number of nitrogens with one attached hydrogen (secondary N) is 1. The molecule has 5 aromatic rings. The van der Waals surface area contributed by atoms with Crippen LogP contribution < -0.4 is 11.1 Å². The molecule has 9 heteroatoms. The molecule has 0 saturated carbocycles. The van der Waals surface area contributed by atoms with E-state index < -0.39 is 6.08 Å². The number of furan rings is 2. The summed E-state index contributed by atoms with van der Waals surface area (Å²) in [6, 6.07) is 9.72. The fourth-order valence-corrected chi connectivity index (χ4v) is 4.09. The SMILES string of the molecule is CC(C)(C)CNCCn1c(Cc2cc3occc3cc2-c2ccco2)nc2c(N)nc(F)nc21. The van der Waals surface area contributed by atoms with Crippen molar-refractivity contribution in [3.8, 4) is 11.3 Å². The molecule has 0 atom stereocenters. The van der Waals surface area contributed by atoms with Crippen molar-refractivity contribution in [1.29, 1.82) is 0 Å².